The van der Waals surface area contributed by atoms with Crippen molar-refractivity contribution >= 4 is 17.5 Å². The van der Waals surface area contributed by atoms with Crippen LogP contribution in [0.3, 0.4) is 0 Å². The third-order valence-corrected chi connectivity index (χ3v) is 6.54. The van der Waals surface area contributed by atoms with Gasteiger partial charge in [-0.3, -0.25) is 14.5 Å². The van der Waals surface area contributed by atoms with E-state index in [4.69, 9.17) is 14.3 Å². The molecule has 0 radical (unpaired) electrons. The van der Waals surface area contributed by atoms with Gasteiger partial charge in [-0.15, -0.1) is 0 Å². The molecule has 8 nitrogen and oxygen atoms in total. The van der Waals surface area contributed by atoms with Crippen molar-refractivity contribution in [3.8, 4) is 11.5 Å². The summed E-state index contributed by atoms with van der Waals surface area (Å²) >= 11 is 0. The number of oxime groups is 1. The molecule has 2 heterocycles. The van der Waals surface area contributed by atoms with Gasteiger partial charge in [0.2, 0.25) is 0 Å². The Labute approximate surface area is 182 Å². The van der Waals surface area contributed by atoms with Crippen LogP contribution in [-0.2, 0) is 14.4 Å². The molecule has 2 fully saturated rings. The number of carbonyl (C=O) groups is 2. The predicted octanol–water partition coefficient (Wildman–Crippen LogP) is 3.02. The number of likely N-dealkylation sites (tertiary alicyclic amines) is 1. The third-order valence-electron chi connectivity index (χ3n) is 6.54. The van der Waals surface area contributed by atoms with Crippen LogP contribution in [0.4, 0.5) is 0 Å². The second-order valence-electron chi connectivity index (χ2n) is 8.82. The molecular formula is C23H30N2O6. The number of aliphatic carboxylic acids is 1. The summed E-state index contributed by atoms with van der Waals surface area (Å²) in [5.41, 5.74) is 0.397. The van der Waals surface area contributed by atoms with Crippen LogP contribution in [0.2, 0.25) is 0 Å². The first-order valence-electron chi connectivity index (χ1n) is 11.0. The smallest absolute Gasteiger partial charge is 0.320 e. The van der Waals surface area contributed by atoms with Crippen LogP contribution in [0.1, 0.15) is 57.4 Å². The highest BCUT2D eigenvalue weighted by molar-refractivity contribution is 6.06. The highest BCUT2D eigenvalue weighted by Gasteiger charge is 2.44. The van der Waals surface area contributed by atoms with E-state index in [1.165, 1.54) is 12.8 Å². The van der Waals surface area contributed by atoms with Crippen molar-refractivity contribution in [1.82, 2.24) is 4.90 Å². The summed E-state index contributed by atoms with van der Waals surface area (Å²) in [5, 5.41) is 13.6. The minimum atomic E-state index is -1.10. The monoisotopic (exact) mass is 430 g/mol. The van der Waals surface area contributed by atoms with Gasteiger partial charge in [0.15, 0.2) is 22.9 Å². The van der Waals surface area contributed by atoms with Gasteiger partial charge in [0.25, 0.3) is 0 Å². The lowest BCUT2D eigenvalue weighted by Gasteiger charge is -2.25. The van der Waals surface area contributed by atoms with E-state index in [1.807, 2.05) is 18.2 Å². The van der Waals surface area contributed by atoms with E-state index in [-0.39, 0.29) is 18.4 Å². The quantitative estimate of drug-likeness (QED) is 0.677. The van der Waals surface area contributed by atoms with Crippen LogP contribution in [-0.4, -0.2) is 65.4 Å². The predicted molar refractivity (Wildman–Crippen MR) is 114 cm³/mol. The molecule has 3 aliphatic rings. The second-order valence-corrected chi connectivity index (χ2v) is 8.82. The lowest BCUT2D eigenvalue weighted by atomic mass is 9.91. The van der Waals surface area contributed by atoms with Gasteiger partial charge >= 0.3 is 5.97 Å². The van der Waals surface area contributed by atoms with Crippen molar-refractivity contribution < 1.29 is 29.0 Å². The number of methoxy groups -OCH3 is 1. The van der Waals surface area contributed by atoms with E-state index in [1.54, 1.807) is 18.9 Å². The topological polar surface area (TPSA) is 97.7 Å². The second kappa shape index (κ2) is 8.86. The Morgan fingerprint density at radius 1 is 1.23 bits per heavy atom. The van der Waals surface area contributed by atoms with E-state index < -0.39 is 17.6 Å². The van der Waals surface area contributed by atoms with Crippen LogP contribution >= 0.6 is 0 Å². The molecule has 2 atom stereocenters. The van der Waals surface area contributed by atoms with E-state index >= 15 is 0 Å². The molecule has 0 bridgehead atoms. The highest BCUT2D eigenvalue weighted by atomic mass is 16.7. The normalized spacial score (nSPS) is 26.5. The fraction of sp³-hybridized carbons (Fsp3) is 0.609. The third kappa shape index (κ3) is 4.54. The number of ether oxygens (including phenoxy) is 2. The highest BCUT2D eigenvalue weighted by Crippen LogP contribution is 2.35. The summed E-state index contributed by atoms with van der Waals surface area (Å²) in [6, 6.07) is 5.03. The molecule has 1 aliphatic carbocycles. The van der Waals surface area contributed by atoms with Gasteiger partial charge in [-0.25, -0.2) is 0 Å². The number of ketones is 1. The molecule has 0 aromatic heterocycles. The SMILES string of the molecule is COc1ccc(C2=NOC(C)(C(=O)CN3CCCC3C(=O)O)C2)cc1OC1CCCC1. The first kappa shape index (κ1) is 21.6. The fourth-order valence-electron chi connectivity index (χ4n) is 4.62. The zero-order valence-corrected chi connectivity index (χ0v) is 18.1. The molecule has 2 aliphatic heterocycles. The number of hydrogen-bond donors (Lipinski definition) is 1. The van der Waals surface area contributed by atoms with Crippen LogP contribution in [0.15, 0.2) is 23.4 Å². The first-order chi connectivity index (χ1) is 14.9. The minimum absolute atomic E-state index is 0.0505. The average molecular weight is 431 g/mol. The van der Waals surface area contributed by atoms with Crippen LogP contribution in [0, 0.1) is 0 Å². The Morgan fingerprint density at radius 2 is 2.00 bits per heavy atom. The number of rotatable bonds is 8. The molecule has 2 unspecified atom stereocenters. The Bertz CT molecular complexity index is 879. The van der Waals surface area contributed by atoms with Crippen LogP contribution in [0.25, 0.3) is 0 Å². The maximum absolute atomic E-state index is 13.0. The van der Waals surface area contributed by atoms with Crippen LogP contribution in [0.5, 0.6) is 11.5 Å². The zero-order valence-electron chi connectivity index (χ0n) is 18.1. The van der Waals surface area contributed by atoms with Crippen molar-refractivity contribution in [2.24, 2.45) is 5.16 Å². The Kier molecular flexibility index (Phi) is 6.18. The minimum Gasteiger partial charge on any atom is -0.493 e. The fourth-order valence-corrected chi connectivity index (χ4v) is 4.62. The lowest BCUT2D eigenvalue weighted by molar-refractivity contribution is -0.145. The van der Waals surface area contributed by atoms with Crippen molar-refractivity contribution in [1.29, 1.82) is 0 Å². The molecule has 168 valence electrons. The molecule has 0 amide bonds. The Hall–Kier alpha value is -2.61. The van der Waals surface area contributed by atoms with E-state index in [0.29, 0.717) is 36.6 Å². The molecule has 1 saturated heterocycles. The van der Waals surface area contributed by atoms with Gasteiger partial charge in [0, 0.05) is 12.0 Å². The van der Waals surface area contributed by atoms with Crippen molar-refractivity contribution in [2.45, 2.75) is 69.6 Å². The zero-order chi connectivity index (χ0) is 22.0. The number of carboxylic acid groups (broad SMARTS) is 1. The van der Waals surface area contributed by atoms with Gasteiger partial charge < -0.3 is 19.4 Å². The largest absolute Gasteiger partial charge is 0.493 e. The summed E-state index contributed by atoms with van der Waals surface area (Å²) in [7, 11) is 1.62. The molecule has 1 aromatic rings. The van der Waals surface area contributed by atoms with Gasteiger partial charge in [-0.2, -0.15) is 0 Å². The van der Waals surface area contributed by atoms with Gasteiger partial charge in [0.05, 0.1) is 25.5 Å². The number of nitrogens with zero attached hydrogens (tertiary/aromatic N) is 2. The number of carbonyl (C=O) groups excluding carboxylic acids is 1. The molecule has 1 N–H and O–H groups in total. The molecule has 0 spiro atoms. The average Bonchev–Trinajstić information content (AvgIpc) is 3.50. The molecule has 8 heteroatoms. The summed E-state index contributed by atoms with van der Waals surface area (Å²) in [5.74, 6) is 0.307. The Balaban J connectivity index is 1.44. The molecule has 31 heavy (non-hydrogen) atoms. The summed E-state index contributed by atoms with van der Waals surface area (Å²) in [6.45, 7) is 2.37. The van der Waals surface area contributed by atoms with Crippen molar-refractivity contribution in [3.63, 3.8) is 0 Å². The maximum Gasteiger partial charge on any atom is 0.320 e. The van der Waals surface area contributed by atoms with Gasteiger partial charge in [-0.05, 0) is 70.2 Å². The molecule has 1 saturated carbocycles. The molecular weight excluding hydrogens is 400 g/mol. The van der Waals surface area contributed by atoms with E-state index in [0.717, 1.165) is 24.8 Å². The molecule has 4 rings (SSSR count). The lowest BCUT2D eigenvalue weighted by Crippen LogP contribution is -2.46. The first-order valence-corrected chi connectivity index (χ1v) is 11.0. The van der Waals surface area contributed by atoms with Crippen LogP contribution < -0.4 is 9.47 Å². The summed E-state index contributed by atoms with van der Waals surface area (Å²) in [4.78, 5) is 31.7. The summed E-state index contributed by atoms with van der Waals surface area (Å²) in [6.07, 6.45) is 6.29. The van der Waals surface area contributed by atoms with E-state index in [9.17, 15) is 14.7 Å². The van der Waals surface area contributed by atoms with Crippen molar-refractivity contribution in [3.05, 3.63) is 23.8 Å². The van der Waals surface area contributed by atoms with E-state index in [2.05, 4.69) is 5.16 Å². The maximum atomic E-state index is 13.0. The Morgan fingerprint density at radius 3 is 2.71 bits per heavy atom. The number of Topliss-reactive ketones (excluding diaryl/α,β-unsaturated/α-hetero) is 1. The summed E-state index contributed by atoms with van der Waals surface area (Å²) < 4.78 is 11.6. The number of benzene rings is 1. The van der Waals surface area contributed by atoms with Gasteiger partial charge in [-0.1, -0.05) is 5.16 Å². The van der Waals surface area contributed by atoms with Gasteiger partial charge in [0.1, 0.15) is 6.04 Å². The number of hydrogen-bond acceptors (Lipinski definition) is 7. The van der Waals surface area contributed by atoms with Crippen molar-refractivity contribution in [2.75, 3.05) is 20.2 Å². The molecule has 1 aromatic carbocycles. The number of carboxylic acids is 1. The standard InChI is InChI=1S/C23H30N2O6/c1-23(21(26)14-25-11-5-8-18(25)22(27)28)13-17(24-31-23)15-9-10-19(29-2)20(12-15)30-16-6-3-4-7-16/h9-10,12,16,18H,3-8,11,13-14H2,1-2H3,(H,27,28).